The Hall–Kier alpha value is -6.25. The monoisotopic (exact) mass is 1020 g/mol. The number of aryl methyl sites for hydroxylation is 1. The number of piperidine rings is 1. The number of carbonyl (C=O) groups is 4. The second-order valence-corrected chi connectivity index (χ2v) is 21.7. The highest BCUT2D eigenvalue weighted by molar-refractivity contribution is 6.05. The number of halogens is 2. The van der Waals surface area contributed by atoms with Gasteiger partial charge in [-0.05, 0) is 151 Å². The summed E-state index contributed by atoms with van der Waals surface area (Å²) in [6.07, 6.45) is 14.9. The Balaban J connectivity index is 0.827. The highest BCUT2D eigenvalue weighted by atomic mass is 19.3. The van der Waals surface area contributed by atoms with Gasteiger partial charge in [-0.1, -0.05) is 31.3 Å². The van der Waals surface area contributed by atoms with E-state index in [-0.39, 0.29) is 42.5 Å². The number of rotatable bonds is 21. The molecule has 7 rings (SSSR count). The second-order valence-electron chi connectivity index (χ2n) is 21.7. The first-order chi connectivity index (χ1) is 34.6. The number of amides is 4. The number of ether oxygens (including phenoxy) is 2. The van der Waals surface area contributed by atoms with Crippen LogP contribution in [0.1, 0.15) is 141 Å². The number of hydrogen-bond donors (Lipinski definition) is 4. The van der Waals surface area contributed by atoms with Crippen molar-refractivity contribution in [2.45, 2.75) is 155 Å². The van der Waals surface area contributed by atoms with Gasteiger partial charge >= 0.3 is 12.0 Å². The number of aromatic nitrogens is 5. The van der Waals surface area contributed by atoms with E-state index >= 15 is 0 Å². The zero-order valence-electron chi connectivity index (χ0n) is 43.3. The maximum absolute atomic E-state index is 13.9. The van der Waals surface area contributed by atoms with E-state index in [0.29, 0.717) is 48.1 Å². The topological polar surface area (TPSA) is 230 Å². The van der Waals surface area contributed by atoms with Gasteiger partial charge < -0.3 is 45.8 Å². The third-order valence-electron chi connectivity index (χ3n) is 15.0. The number of likely N-dealkylation sites (tertiary alicyclic amines) is 1. The van der Waals surface area contributed by atoms with Crippen LogP contribution in [0, 0.1) is 33.3 Å². The van der Waals surface area contributed by atoms with E-state index in [4.69, 9.17) is 14.6 Å². The standard InChI is InChI=1S/C52H73F2N11O8/c1-8-33(2)44(60-46(67)39(59-49(69)73-50(3,4)5)12-10-23-63-26-22-56-48(63)65(70)71)47(68)55-21-18-35-29-52(30-35)19-24-62(25-20-52)31-34-14-16-37(17-15-34)64-32-36-27-41(42(72-7)28-40(36)61-64)58-45(66)38-11-9-13-43(57-38)51(6,53)54/h9,11,13,22,26-28,32-35,37,39,44H,8,10,12,14-21,23-25,29-31H2,1-7H3,(H,55,68)(H,58,66)(H,59,69)(H,60,67)/t33-,34?,37?,39-,44-/m0/s1. The molecule has 4 aromatic rings. The van der Waals surface area contributed by atoms with Crippen LogP contribution in [0.25, 0.3) is 10.9 Å². The molecule has 21 heteroatoms. The van der Waals surface area contributed by atoms with Crippen LogP contribution < -0.4 is 26.0 Å². The zero-order chi connectivity index (χ0) is 52.7. The van der Waals surface area contributed by atoms with E-state index in [1.54, 1.807) is 32.9 Å². The van der Waals surface area contributed by atoms with Crippen molar-refractivity contribution in [1.29, 1.82) is 0 Å². The summed E-state index contributed by atoms with van der Waals surface area (Å²) < 4.78 is 42.2. The first kappa shape index (κ1) is 54.5. The third kappa shape index (κ3) is 14.3. The molecule has 1 aromatic carbocycles. The summed E-state index contributed by atoms with van der Waals surface area (Å²) in [5.74, 6) is -3.55. The molecule has 3 aliphatic rings. The number of nitrogens with one attached hydrogen (secondary N) is 4. The zero-order valence-corrected chi connectivity index (χ0v) is 43.3. The summed E-state index contributed by atoms with van der Waals surface area (Å²) in [6, 6.07) is 5.92. The largest absolute Gasteiger partial charge is 0.494 e. The van der Waals surface area contributed by atoms with Gasteiger partial charge in [-0.15, -0.1) is 0 Å². The number of pyridine rings is 1. The molecule has 0 radical (unpaired) electrons. The maximum atomic E-state index is 13.9. The lowest BCUT2D eigenvalue weighted by Gasteiger charge is -2.53. The number of nitro groups is 1. The van der Waals surface area contributed by atoms with Crippen LogP contribution in [0.2, 0.25) is 0 Å². The van der Waals surface area contributed by atoms with Gasteiger partial charge in [0.25, 0.3) is 11.8 Å². The van der Waals surface area contributed by atoms with Gasteiger partial charge in [0.05, 0.1) is 30.9 Å². The molecule has 2 saturated carbocycles. The number of carbonyl (C=O) groups excluding carboxylic acids is 4. The van der Waals surface area contributed by atoms with Gasteiger partial charge in [-0.25, -0.2) is 14.3 Å². The van der Waals surface area contributed by atoms with Crippen LogP contribution in [0.15, 0.2) is 48.9 Å². The summed E-state index contributed by atoms with van der Waals surface area (Å²) in [4.78, 5) is 74.4. The number of methoxy groups -OCH3 is 1. The van der Waals surface area contributed by atoms with Crippen LogP contribution in [0.5, 0.6) is 5.75 Å². The molecular weight excluding hydrogens is 945 g/mol. The Morgan fingerprint density at radius 1 is 1.00 bits per heavy atom. The summed E-state index contributed by atoms with van der Waals surface area (Å²) >= 11 is 0. The number of fused-ring (bicyclic) bond motifs is 1. The van der Waals surface area contributed by atoms with Crippen molar-refractivity contribution in [2.24, 2.45) is 23.2 Å². The minimum Gasteiger partial charge on any atom is -0.494 e. The van der Waals surface area contributed by atoms with E-state index in [0.717, 1.165) is 82.4 Å². The Bertz CT molecular complexity index is 2570. The molecule has 398 valence electrons. The molecule has 0 bridgehead atoms. The number of benzene rings is 1. The average Bonchev–Trinajstić information content (AvgIpc) is 3.99. The summed E-state index contributed by atoms with van der Waals surface area (Å²) in [5, 5.41) is 28.5. The van der Waals surface area contributed by atoms with Crippen molar-refractivity contribution < 1.29 is 42.4 Å². The number of alkyl carbamates (subject to hydrolysis) is 1. The highest BCUT2D eigenvalue weighted by Crippen LogP contribution is 2.53. The number of nitrogens with zero attached hydrogens (tertiary/aromatic N) is 7. The normalized spacial score (nSPS) is 19.6. The fourth-order valence-electron chi connectivity index (χ4n) is 10.8. The summed E-state index contributed by atoms with van der Waals surface area (Å²) in [5.41, 5.74) is 0.0859. The van der Waals surface area contributed by atoms with Crippen molar-refractivity contribution in [3.63, 3.8) is 0 Å². The molecule has 0 unspecified atom stereocenters. The molecule has 4 heterocycles. The van der Waals surface area contributed by atoms with Gasteiger partial charge in [0.1, 0.15) is 47.2 Å². The quantitative estimate of drug-likeness (QED) is 0.0455. The van der Waals surface area contributed by atoms with Crippen molar-refractivity contribution >= 4 is 46.4 Å². The number of alkyl halides is 2. The number of hydrogen-bond acceptors (Lipinski definition) is 12. The molecule has 1 saturated heterocycles. The summed E-state index contributed by atoms with van der Waals surface area (Å²) in [7, 11) is 1.50. The molecule has 4 N–H and O–H groups in total. The molecular formula is C52H73F2N11O8. The van der Waals surface area contributed by atoms with Crippen molar-refractivity contribution in [3.05, 3.63) is 70.4 Å². The predicted octanol–water partition coefficient (Wildman–Crippen LogP) is 8.54. The smallest absolute Gasteiger partial charge is 0.434 e. The lowest BCUT2D eigenvalue weighted by molar-refractivity contribution is -0.396. The van der Waals surface area contributed by atoms with Crippen LogP contribution in [0.4, 0.5) is 25.2 Å². The second kappa shape index (κ2) is 23.3. The van der Waals surface area contributed by atoms with E-state index in [1.807, 2.05) is 24.7 Å². The molecule has 2 aliphatic carbocycles. The molecule has 1 spiro atoms. The molecule has 1 aliphatic heterocycles. The van der Waals surface area contributed by atoms with E-state index in [9.17, 15) is 38.1 Å². The van der Waals surface area contributed by atoms with E-state index in [2.05, 4.69) is 36.1 Å². The van der Waals surface area contributed by atoms with Gasteiger partial charge in [0.2, 0.25) is 11.8 Å². The Morgan fingerprint density at radius 3 is 2.38 bits per heavy atom. The molecule has 19 nitrogen and oxygen atoms in total. The third-order valence-corrected chi connectivity index (χ3v) is 15.0. The van der Waals surface area contributed by atoms with Gasteiger partial charge in [-0.3, -0.25) is 19.1 Å². The number of anilines is 1. The van der Waals surface area contributed by atoms with Crippen LogP contribution in [0.3, 0.4) is 0 Å². The van der Waals surface area contributed by atoms with Crippen molar-refractivity contribution in [3.8, 4) is 5.75 Å². The molecule has 73 heavy (non-hydrogen) atoms. The van der Waals surface area contributed by atoms with Crippen LogP contribution in [-0.4, -0.2) is 109 Å². The fraction of sp³-hybridized carbons (Fsp3) is 0.635. The van der Waals surface area contributed by atoms with Crippen LogP contribution >= 0.6 is 0 Å². The minimum atomic E-state index is -3.18. The van der Waals surface area contributed by atoms with Gasteiger partial charge in [0, 0.05) is 37.7 Å². The Morgan fingerprint density at radius 2 is 1.73 bits per heavy atom. The van der Waals surface area contributed by atoms with Gasteiger partial charge in [0.15, 0.2) is 0 Å². The average molecular weight is 1020 g/mol. The van der Waals surface area contributed by atoms with Gasteiger partial charge in [-0.2, -0.15) is 13.9 Å². The first-order valence-electron chi connectivity index (χ1n) is 25.8. The number of imidazole rings is 1. The fourth-order valence-corrected chi connectivity index (χ4v) is 10.8. The first-order valence-corrected chi connectivity index (χ1v) is 25.8. The molecule has 3 aromatic heterocycles. The maximum Gasteiger partial charge on any atom is 0.434 e. The van der Waals surface area contributed by atoms with E-state index < -0.39 is 52.1 Å². The predicted molar refractivity (Wildman–Crippen MR) is 270 cm³/mol. The molecule has 3 atom stereocenters. The van der Waals surface area contributed by atoms with Crippen molar-refractivity contribution in [1.82, 2.24) is 45.2 Å². The van der Waals surface area contributed by atoms with Crippen molar-refractivity contribution in [2.75, 3.05) is 38.6 Å². The SMILES string of the molecule is CC[C@H](C)[C@H](NC(=O)[C@H](CCCn1ccnc1[N+](=O)[O-])NC(=O)OC(C)(C)C)C(=O)NCCC1CC2(CCN(CC3CCC(n4cc5cc(NC(=O)c6cccc(C(C)(F)F)n6)c(OC)cc5n4)CC3)CC2)C1. The Labute approximate surface area is 425 Å². The van der Waals surface area contributed by atoms with Crippen LogP contribution in [-0.2, 0) is 26.8 Å². The van der Waals surface area contributed by atoms with E-state index in [1.165, 1.54) is 55.1 Å². The minimum absolute atomic E-state index is 0.121. The summed E-state index contributed by atoms with van der Waals surface area (Å²) in [6.45, 7) is 13.7. The molecule has 3 fully saturated rings. The molecule has 4 amide bonds. The lowest BCUT2D eigenvalue weighted by Crippen LogP contribution is -2.56. The lowest BCUT2D eigenvalue weighted by atomic mass is 9.57. The Kier molecular flexibility index (Phi) is 17.4. The highest BCUT2D eigenvalue weighted by Gasteiger charge is 2.45.